The standard InChI is InChI=1S/C29H34ClN3O5S/c1-21(2)18-31-29(35)22(3)32(19-23-12-8-9-15-25(23)30)28(34)20-33(26-16-10-11-17-27(26)38-4)39(36,37)24-13-6-5-7-14-24/h5-17,21-22H,18-20H2,1-4H3,(H,31,35)/t22-/m0/s1. The van der Waals surface area contributed by atoms with Crippen molar-refractivity contribution in [2.75, 3.05) is 24.5 Å². The molecule has 0 radical (unpaired) electrons. The number of halogens is 1. The summed E-state index contributed by atoms with van der Waals surface area (Å²) in [5.41, 5.74) is 0.831. The minimum atomic E-state index is -4.18. The maximum absolute atomic E-state index is 14.0. The van der Waals surface area contributed by atoms with E-state index in [1.807, 2.05) is 13.8 Å². The number of hydrogen-bond donors (Lipinski definition) is 1. The van der Waals surface area contributed by atoms with Gasteiger partial charge in [-0.3, -0.25) is 13.9 Å². The topological polar surface area (TPSA) is 96.0 Å². The monoisotopic (exact) mass is 571 g/mol. The first-order valence-corrected chi connectivity index (χ1v) is 14.4. The summed E-state index contributed by atoms with van der Waals surface area (Å²) in [6.07, 6.45) is 0. The molecule has 208 valence electrons. The van der Waals surface area contributed by atoms with Gasteiger partial charge in [0.2, 0.25) is 11.8 Å². The van der Waals surface area contributed by atoms with Crippen LogP contribution in [-0.4, -0.2) is 51.4 Å². The van der Waals surface area contributed by atoms with E-state index in [-0.39, 0.29) is 34.7 Å². The van der Waals surface area contributed by atoms with E-state index < -0.39 is 28.5 Å². The van der Waals surface area contributed by atoms with Gasteiger partial charge in [-0.2, -0.15) is 0 Å². The van der Waals surface area contributed by atoms with Crippen LogP contribution in [0.3, 0.4) is 0 Å². The van der Waals surface area contributed by atoms with Gasteiger partial charge in [-0.25, -0.2) is 8.42 Å². The van der Waals surface area contributed by atoms with Crippen molar-refractivity contribution in [3.8, 4) is 5.75 Å². The lowest BCUT2D eigenvalue weighted by Gasteiger charge is -2.32. The lowest BCUT2D eigenvalue weighted by molar-refractivity contribution is -0.139. The van der Waals surface area contributed by atoms with Gasteiger partial charge in [0, 0.05) is 18.1 Å². The molecule has 0 aliphatic rings. The van der Waals surface area contributed by atoms with Crippen molar-refractivity contribution in [2.45, 2.75) is 38.3 Å². The van der Waals surface area contributed by atoms with E-state index in [0.29, 0.717) is 17.1 Å². The van der Waals surface area contributed by atoms with Crippen molar-refractivity contribution in [1.82, 2.24) is 10.2 Å². The van der Waals surface area contributed by atoms with Crippen molar-refractivity contribution in [1.29, 1.82) is 0 Å². The first-order valence-electron chi connectivity index (χ1n) is 12.6. The Morgan fingerprint density at radius 1 is 0.923 bits per heavy atom. The Morgan fingerprint density at radius 3 is 2.18 bits per heavy atom. The smallest absolute Gasteiger partial charge is 0.264 e. The van der Waals surface area contributed by atoms with E-state index in [0.717, 1.165) is 4.31 Å². The third kappa shape index (κ3) is 7.52. The number of rotatable bonds is 12. The van der Waals surface area contributed by atoms with E-state index in [9.17, 15) is 18.0 Å². The van der Waals surface area contributed by atoms with Crippen LogP contribution in [0.5, 0.6) is 5.75 Å². The first kappa shape index (κ1) is 30.0. The van der Waals surface area contributed by atoms with Crippen LogP contribution in [0.25, 0.3) is 0 Å². The fraction of sp³-hybridized carbons (Fsp3) is 0.310. The van der Waals surface area contributed by atoms with Crippen LogP contribution in [0.4, 0.5) is 5.69 Å². The summed E-state index contributed by atoms with van der Waals surface area (Å²) < 4.78 is 34.2. The molecule has 0 aliphatic heterocycles. The van der Waals surface area contributed by atoms with Crippen LogP contribution >= 0.6 is 11.6 Å². The van der Waals surface area contributed by atoms with E-state index >= 15 is 0 Å². The predicted octanol–water partition coefficient (Wildman–Crippen LogP) is 4.73. The largest absolute Gasteiger partial charge is 0.495 e. The summed E-state index contributed by atoms with van der Waals surface area (Å²) >= 11 is 6.39. The predicted molar refractivity (Wildman–Crippen MR) is 153 cm³/mol. The number of ether oxygens (including phenoxy) is 1. The van der Waals surface area contributed by atoms with Crippen molar-refractivity contribution < 1.29 is 22.7 Å². The van der Waals surface area contributed by atoms with Crippen LogP contribution < -0.4 is 14.4 Å². The van der Waals surface area contributed by atoms with E-state index in [2.05, 4.69) is 5.32 Å². The summed E-state index contributed by atoms with van der Waals surface area (Å²) in [7, 11) is -2.76. The van der Waals surface area contributed by atoms with Gasteiger partial charge in [-0.1, -0.05) is 74.0 Å². The lowest BCUT2D eigenvalue weighted by atomic mass is 10.1. The van der Waals surface area contributed by atoms with Crippen molar-refractivity contribution in [3.63, 3.8) is 0 Å². The summed E-state index contributed by atoms with van der Waals surface area (Å²) in [4.78, 5) is 28.4. The van der Waals surface area contributed by atoms with E-state index in [1.54, 1.807) is 73.7 Å². The zero-order valence-electron chi connectivity index (χ0n) is 22.5. The molecule has 8 nitrogen and oxygen atoms in total. The molecule has 0 spiro atoms. The van der Waals surface area contributed by atoms with E-state index in [1.165, 1.54) is 24.1 Å². The number of amides is 2. The van der Waals surface area contributed by atoms with Gasteiger partial charge < -0.3 is 15.0 Å². The quantitative estimate of drug-likeness (QED) is 0.339. The number of anilines is 1. The van der Waals surface area contributed by atoms with Crippen LogP contribution in [0, 0.1) is 5.92 Å². The highest BCUT2D eigenvalue weighted by atomic mass is 35.5. The molecule has 10 heteroatoms. The number of nitrogens with zero attached hydrogens (tertiary/aromatic N) is 2. The number of benzene rings is 3. The van der Waals surface area contributed by atoms with Gasteiger partial charge in [0.25, 0.3) is 10.0 Å². The molecule has 0 saturated heterocycles. The second kappa shape index (κ2) is 13.5. The number of para-hydroxylation sites is 2. The molecule has 39 heavy (non-hydrogen) atoms. The third-order valence-corrected chi connectivity index (χ3v) is 8.26. The normalized spacial score (nSPS) is 12.1. The SMILES string of the molecule is COc1ccccc1N(CC(=O)N(Cc1ccccc1Cl)[C@@H](C)C(=O)NCC(C)C)S(=O)(=O)c1ccccc1. The fourth-order valence-electron chi connectivity index (χ4n) is 3.91. The first-order chi connectivity index (χ1) is 18.6. The van der Waals surface area contributed by atoms with Crippen LogP contribution in [0.15, 0.2) is 83.8 Å². The van der Waals surface area contributed by atoms with Gasteiger partial charge in [-0.15, -0.1) is 0 Å². The molecule has 0 aliphatic carbocycles. The second-order valence-electron chi connectivity index (χ2n) is 9.42. The van der Waals surface area contributed by atoms with Gasteiger partial charge in [0.15, 0.2) is 0 Å². The molecule has 0 heterocycles. The Balaban J connectivity index is 2.05. The van der Waals surface area contributed by atoms with Crippen molar-refractivity contribution >= 4 is 39.1 Å². The summed E-state index contributed by atoms with van der Waals surface area (Å²) in [5.74, 6) is -0.428. The highest BCUT2D eigenvalue weighted by Crippen LogP contribution is 2.32. The molecule has 0 bridgehead atoms. The molecule has 3 aromatic rings. The molecule has 0 aromatic heterocycles. The summed E-state index contributed by atoms with van der Waals surface area (Å²) in [6.45, 7) is 5.44. The molecule has 2 amide bonds. The molecular formula is C29H34ClN3O5S. The maximum Gasteiger partial charge on any atom is 0.264 e. The second-order valence-corrected chi connectivity index (χ2v) is 11.7. The average molecular weight is 572 g/mol. The van der Waals surface area contributed by atoms with Crippen LogP contribution in [0.2, 0.25) is 5.02 Å². The number of methoxy groups -OCH3 is 1. The number of carbonyl (C=O) groups excluding carboxylic acids is 2. The molecule has 1 atom stereocenters. The number of sulfonamides is 1. The van der Waals surface area contributed by atoms with Gasteiger partial charge in [0.05, 0.1) is 17.7 Å². The average Bonchev–Trinajstić information content (AvgIpc) is 2.94. The Morgan fingerprint density at radius 2 is 1.54 bits per heavy atom. The summed E-state index contributed by atoms with van der Waals surface area (Å²) in [5, 5.41) is 3.29. The maximum atomic E-state index is 14.0. The molecule has 0 fully saturated rings. The zero-order chi connectivity index (χ0) is 28.6. The molecule has 3 aromatic carbocycles. The molecule has 1 N–H and O–H groups in total. The Kier molecular flexibility index (Phi) is 10.4. The third-order valence-electron chi connectivity index (χ3n) is 6.11. The van der Waals surface area contributed by atoms with Crippen LogP contribution in [0.1, 0.15) is 26.3 Å². The Labute approximate surface area is 235 Å². The van der Waals surface area contributed by atoms with Gasteiger partial charge >= 0.3 is 0 Å². The lowest BCUT2D eigenvalue weighted by Crippen LogP contribution is -2.51. The van der Waals surface area contributed by atoms with Crippen LogP contribution in [-0.2, 0) is 26.2 Å². The van der Waals surface area contributed by atoms with Crippen molar-refractivity contribution in [3.05, 3.63) is 89.4 Å². The van der Waals surface area contributed by atoms with E-state index in [4.69, 9.17) is 16.3 Å². The molecule has 0 unspecified atom stereocenters. The fourth-order valence-corrected chi connectivity index (χ4v) is 5.56. The minimum absolute atomic E-state index is 0.0138. The zero-order valence-corrected chi connectivity index (χ0v) is 24.1. The number of nitrogens with one attached hydrogen (secondary N) is 1. The highest BCUT2D eigenvalue weighted by molar-refractivity contribution is 7.92. The molecular weight excluding hydrogens is 538 g/mol. The van der Waals surface area contributed by atoms with Crippen molar-refractivity contribution in [2.24, 2.45) is 5.92 Å². The molecule has 0 saturated carbocycles. The number of carbonyl (C=O) groups is 2. The Bertz CT molecular complexity index is 1380. The van der Waals surface area contributed by atoms with Gasteiger partial charge in [0.1, 0.15) is 18.3 Å². The Hall–Kier alpha value is -3.56. The summed E-state index contributed by atoms with van der Waals surface area (Å²) in [6, 6.07) is 20.6. The molecule has 3 rings (SSSR count). The highest BCUT2D eigenvalue weighted by Gasteiger charge is 2.33. The number of hydrogen-bond acceptors (Lipinski definition) is 5. The van der Waals surface area contributed by atoms with Gasteiger partial charge in [-0.05, 0) is 48.7 Å². The minimum Gasteiger partial charge on any atom is -0.495 e.